The van der Waals surface area contributed by atoms with E-state index in [1.807, 2.05) is 36.4 Å². The molecule has 1 unspecified atom stereocenters. The minimum absolute atomic E-state index is 0.00649. The number of aromatic carboxylic acids is 1. The number of nitrogens with one attached hydrogen (secondary N) is 1. The minimum Gasteiger partial charge on any atom is -0.478 e. The Hall–Kier alpha value is -3.86. The smallest absolute Gasteiger partial charge is 0.336 e. The van der Waals surface area contributed by atoms with Crippen molar-refractivity contribution in [2.24, 2.45) is 5.92 Å². The Balaban J connectivity index is 1.36. The Morgan fingerprint density at radius 3 is 2.39 bits per heavy atom. The summed E-state index contributed by atoms with van der Waals surface area (Å²) in [7, 11) is 0. The van der Waals surface area contributed by atoms with Crippen molar-refractivity contribution in [3.63, 3.8) is 0 Å². The topological polar surface area (TPSA) is 71.3 Å². The number of carboxylic acids is 1. The quantitative estimate of drug-likeness (QED) is 0.274. The zero-order chi connectivity index (χ0) is 26.8. The summed E-state index contributed by atoms with van der Waals surface area (Å²) >= 11 is 0. The number of rotatable bonds is 7. The fraction of sp³-hybridized carbons (Fsp3) is 0.333. The summed E-state index contributed by atoms with van der Waals surface area (Å²) in [6.45, 7) is 7.08. The Kier molecular flexibility index (Phi) is 7.37. The van der Waals surface area contributed by atoms with Gasteiger partial charge in [-0.15, -0.1) is 0 Å². The first-order chi connectivity index (χ1) is 18.3. The van der Waals surface area contributed by atoms with Crippen LogP contribution in [0.25, 0.3) is 22.0 Å². The molecule has 3 aromatic carbocycles. The zero-order valence-electron chi connectivity index (χ0n) is 22.5. The second kappa shape index (κ2) is 10.9. The van der Waals surface area contributed by atoms with Gasteiger partial charge in [-0.25, -0.2) is 4.79 Å². The highest BCUT2D eigenvalue weighted by atomic mass is 16.4. The number of hydrogen-bond donors (Lipinski definition) is 2. The van der Waals surface area contributed by atoms with Crippen LogP contribution in [0.4, 0.5) is 0 Å². The van der Waals surface area contributed by atoms with E-state index in [0.717, 1.165) is 22.0 Å². The van der Waals surface area contributed by atoms with E-state index in [-0.39, 0.29) is 11.9 Å². The molecule has 196 valence electrons. The van der Waals surface area contributed by atoms with Gasteiger partial charge >= 0.3 is 5.97 Å². The molecule has 0 aliphatic heterocycles. The molecule has 5 heteroatoms. The van der Waals surface area contributed by atoms with Crippen molar-refractivity contribution in [2.75, 3.05) is 0 Å². The molecule has 1 saturated carbocycles. The average Bonchev–Trinajstić information content (AvgIpc) is 3.18. The van der Waals surface area contributed by atoms with Crippen LogP contribution in [-0.2, 0) is 6.54 Å². The van der Waals surface area contributed by atoms with Gasteiger partial charge in [-0.2, -0.15) is 0 Å². The second-order valence-corrected chi connectivity index (χ2v) is 10.7. The Labute approximate surface area is 224 Å². The predicted octanol–water partition coefficient (Wildman–Crippen LogP) is 7.37. The van der Waals surface area contributed by atoms with Crippen LogP contribution < -0.4 is 5.32 Å². The number of hydrogen-bond acceptors (Lipinski definition) is 2. The summed E-state index contributed by atoms with van der Waals surface area (Å²) in [6.07, 6.45) is 6.25. The third-order valence-electron chi connectivity index (χ3n) is 8.38. The molecule has 0 spiro atoms. The third-order valence-corrected chi connectivity index (χ3v) is 8.38. The highest BCUT2D eigenvalue weighted by Gasteiger charge is 2.22. The van der Waals surface area contributed by atoms with Gasteiger partial charge in [-0.3, -0.25) is 4.79 Å². The fourth-order valence-corrected chi connectivity index (χ4v) is 5.93. The normalized spacial score (nSPS) is 14.9. The third kappa shape index (κ3) is 5.10. The number of carbonyl (C=O) groups is 2. The van der Waals surface area contributed by atoms with Crippen LogP contribution in [0.15, 0.2) is 66.7 Å². The van der Waals surface area contributed by atoms with E-state index in [0.29, 0.717) is 29.2 Å². The first kappa shape index (κ1) is 25.8. The Morgan fingerprint density at radius 2 is 1.68 bits per heavy atom. The van der Waals surface area contributed by atoms with Crippen LogP contribution in [-0.4, -0.2) is 27.6 Å². The highest BCUT2D eigenvalue weighted by Crippen LogP contribution is 2.30. The molecule has 0 saturated heterocycles. The summed E-state index contributed by atoms with van der Waals surface area (Å²) < 4.78 is 2.29. The molecule has 4 aromatic rings. The maximum absolute atomic E-state index is 13.1. The van der Waals surface area contributed by atoms with E-state index in [4.69, 9.17) is 0 Å². The summed E-state index contributed by atoms with van der Waals surface area (Å²) in [5, 5.41) is 13.9. The summed E-state index contributed by atoms with van der Waals surface area (Å²) in [4.78, 5) is 24.7. The van der Waals surface area contributed by atoms with Crippen molar-refractivity contribution in [3.8, 4) is 11.1 Å². The van der Waals surface area contributed by atoms with Crippen molar-refractivity contribution < 1.29 is 14.7 Å². The standard InChI is InChI=1S/C33H36N2O3/c1-21-23(3)35(20-24-13-15-26(16-14-24)28-11-7-8-12-29(28)33(37)38)31-18-17-27(19-30(21)31)32(36)34-22(2)25-9-5-4-6-10-25/h7-8,11-19,22,25H,4-6,9-10,20H2,1-3H3,(H,34,36)(H,37,38). The first-order valence-corrected chi connectivity index (χ1v) is 13.7. The van der Waals surface area contributed by atoms with E-state index in [1.165, 1.54) is 43.4 Å². The van der Waals surface area contributed by atoms with Gasteiger partial charge in [0.15, 0.2) is 0 Å². The van der Waals surface area contributed by atoms with Gasteiger partial charge in [-0.05, 0) is 86.1 Å². The SMILES string of the molecule is Cc1c(C)n(Cc2ccc(-c3ccccc3C(=O)O)cc2)c2ccc(C(=O)NC(C)C3CCCCC3)cc12. The molecule has 5 nitrogen and oxygen atoms in total. The second-order valence-electron chi connectivity index (χ2n) is 10.7. The van der Waals surface area contributed by atoms with Gasteiger partial charge in [-0.1, -0.05) is 61.7 Å². The molecule has 1 atom stereocenters. The van der Waals surface area contributed by atoms with E-state index in [1.54, 1.807) is 12.1 Å². The monoisotopic (exact) mass is 508 g/mol. The van der Waals surface area contributed by atoms with Gasteiger partial charge in [0, 0.05) is 34.7 Å². The molecule has 1 amide bonds. The Bertz CT molecular complexity index is 1480. The molecule has 0 radical (unpaired) electrons. The molecule has 1 fully saturated rings. The van der Waals surface area contributed by atoms with Gasteiger partial charge in [0.05, 0.1) is 5.56 Å². The first-order valence-electron chi connectivity index (χ1n) is 13.7. The number of aryl methyl sites for hydroxylation is 1. The van der Waals surface area contributed by atoms with E-state index < -0.39 is 5.97 Å². The lowest BCUT2D eigenvalue weighted by molar-refractivity contribution is 0.0697. The maximum Gasteiger partial charge on any atom is 0.336 e. The predicted molar refractivity (Wildman–Crippen MR) is 153 cm³/mol. The van der Waals surface area contributed by atoms with Crippen LogP contribution in [0.3, 0.4) is 0 Å². The molecular weight excluding hydrogens is 472 g/mol. The van der Waals surface area contributed by atoms with E-state index in [9.17, 15) is 14.7 Å². The summed E-state index contributed by atoms with van der Waals surface area (Å²) in [6, 6.07) is 21.4. The van der Waals surface area contributed by atoms with E-state index >= 15 is 0 Å². The molecule has 2 N–H and O–H groups in total. The zero-order valence-corrected chi connectivity index (χ0v) is 22.5. The molecule has 0 bridgehead atoms. The van der Waals surface area contributed by atoms with Crippen LogP contribution in [0.1, 0.15) is 76.6 Å². The highest BCUT2D eigenvalue weighted by molar-refractivity contribution is 5.99. The van der Waals surface area contributed by atoms with Gasteiger partial charge < -0.3 is 15.0 Å². The van der Waals surface area contributed by atoms with Crippen molar-refractivity contribution in [3.05, 3.63) is 94.7 Å². The van der Waals surface area contributed by atoms with E-state index in [2.05, 4.69) is 48.9 Å². The van der Waals surface area contributed by atoms with Gasteiger partial charge in [0.25, 0.3) is 5.91 Å². The molecule has 1 aliphatic carbocycles. The molecule has 1 aromatic heterocycles. The number of amides is 1. The summed E-state index contributed by atoms with van der Waals surface area (Å²) in [5.41, 5.74) is 7.21. The number of carboxylic acid groups (broad SMARTS) is 1. The van der Waals surface area contributed by atoms with Crippen LogP contribution in [0.5, 0.6) is 0 Å². The van der Waals surface area contributed by atoms with Crippen LogP contribution in [0.2, 0.25) is 0 Å². The lowest BCUT2D eigenvalue weighted by atomic mass is 9.84. The number of carbonyl (C=O) groups excluding carboxylic acids is 1. The fourth-order valence-electron chi connectivity index (χ4n) is 5.93. The number of nitrogens with zero attached hydrogens (tertiary/aromatic N) is 1. The number of benzene rings is 3. The van der Waals surface area contributed by atoms with Crippen molar-refractivity contribution in [1.82, 2.24) is 9.88 Å². The molecule has 38 heavy (non-hydrogen) atoms. The maximum atomic E-state index is 13.1. The van der Waals surface area contributed by atoms with Crippen LogP contribution in [0, 0.1) is 19.8 Å². The average molecular weight is 509 g/mol. The van der Waals surface area contributed by atoms with Crippen molar-refractivity contribution >= 4 is 22.8 Å². The minimum atomic E-state index is -0.925. The summed E-state index contributed by atoms with van der Waals surface area (Å²) in [5.74, 6) is -0.344. The van der Waals surface area contributed by atoms with Gasteiger partial charge in [0.1, 0.15) is 0 Å². The largest absolute Gasteiger partial charge is 0.478 e. The van der Waals surface area contributed by atoms with Gasteiger partial charge in [0.2, 0.25) is 0 Å². The lowest BCUT2D eigenvalue weighted by Crippen LogP contribution is -2.38. The number of aromatic nitrogens is 1. The number of fused-ring (bicyclic) bond motifs is 1. The molecular formula is C33H36N2O3. The molecule has 1 heterocycles. The van der Waals surface area contributed by atoms with Crippen molar-refractivity contribution in [2.45, 2.75) is 65.5 Å². The van der Waals surface area contributed by atoms with Crippen molar-refractivity contribution in [1.29, 1.82) is 0 Å². The van der Waals surface area contributed by atoms with Crippen LogP contribution >= 0.6 is 0 Å². The molecule has 1 aliphatic rings. The molecule has 5 rings (SSSR count). The Morgan fingerprint density at radius 1 is 0.974 bits per heavy atom. The lowest BCUT2D eigenvalue weighted by Gasteiger charge is -2.28.